The number of rotatable bonds is 7. The fourth-order valence-corrected chi connectivity index (χ4v) is 3.15. The van der Waals surface area contributed by atoms with E-state index in [1.807, 2.05) is 42.6 Å². The summed E-state index contributed by atoms with van der Waals surface area (Å²) in [6.45, 7) is 5.75. The molecular formula is C19H24BrN3O2. The zero-order valence-corrected chi connectivity index (χ0v) is 15.8. The van der Waals surface area contributed by atoms with Crippen molar-refractivity contribution in [2.45, 2.75) is 12.6 Å². The molecule has 1 aliphatic heterocycles. The summed E-state index contributed by atoms with van der Waals surface area (Å²) in [5.41, 5.74) is 1.09. The van der Waals surface area contributed by atoms with Gasteiger partial charge in [0.2, 0.25) is 0 Å². The molecule has 1 aliphatic rings. The van der Waals surface area contributed by atoms with Crippen LogP contribution in [0.2, 0.25) is 0 Å². The summed E-state index contributed by atoms with van der Waals surface area (Å²) in [5.74, 6) is 0.799. The number of pyridine rings is 1. The molecule has 3 rings (SSSR count). The molecule has 1 N–H and O–H groups in total. The van der Waals surface area contributed by atoms with E-state index in [2.05, 4.69) is 36.8 Å². The van der Waals surface area contributed by atoms with E-state index >= 15 is 0 Å². The normalized spacial score (nSPS) is 17.4. The molecule has 0 spiro atoms. The lowest BCUT2D eigenvalue weighted by Gasteiger charge is -2.35. The minimum absolute atomic E-state index is 0.326. The lowest BCUT2D eigenvalue weighted by molar-refractivity contribution is 0.0444. The largest absolute Gasteiger partial charge is 0.491 e. The standard InChI is InChI=1S/C19H24BrN3O2/c20-16-6-7-17(21-12-16)13-22-8-10-23(11-9-22)14-18(24)15-25-19-4-2-1-3-5-19/h1-7,12,18,24H,8-11,13-15H2/t18-/m1/s1. The van der Waals surface area contributed by atoms with E-state index in [0.717, 1.165) is 48.6 Å². The molecule has 1 atom stereocenters. The predicted molar refractivity (Wildman–Crippen MR) is 102 cm³/mol. The number of aliphatic hydroxyl groups is 1. The number of β-amino-alcohol motifs (C(OH)–C–C–N with tert-alkyl or cyclic N) is 1. The summed E-state index contributed by atoms with van der Waals surface area (Å²) >= 11 is 3.41. The Hall–Kier alpha value is -1.47. The second kappa shape index (κ2) is 9.29. The maximum Gasteiger partial charge on any atom is 0.119 e. The number of para-hydroxylation sites is 1. The van der Waals surface area contributed by atoms with Crippen molar-refractivity contribution in [2.75, 3.05) is 39.3 Å². The van der Waals surface area contributed by atoms with Crippen LogP contribution in [0.25, 0.3) is 0 Å². The molecule has 0 aliphatic carbocycles. The zero-order chi connectivity index (χ0) is 17.5. The van der Waals surface area contributed by atoms with Gasteiger partial charge < -0.3 is 9.84 Å². The molecule has 1 fully saturated rings. The Bertz CT molecular complexity index is 631. The molecule has 0 bridgehead atoms. The van der Waals surface area contributed by atoms with Crippen LogP contribution < -0.4 is 4.74 Å². The number of ether oxygens (including phenoxy) is 1. The van der Waals surface area contributed by atoms with Gasteiger partial charge >= 0.3 is 0 Å². The summed E-state index contributed by atoms with van der Waals surface area (Å²) in [7, 11) is 0. The van der Waals surface area contributed by atoms with E-state index in [1.54, 1.807) is 0 Å². The molecule has 6 heteroatoms. The summed E-state index contributed by atoms with van der Waals surface area (Å²) in [4.78, 5) is 9.13. The molecule has 0 radical (unpaired) electrons. The number of nitrogens with zero attached hydrogens (tertiary/aromatic N) is 3. The molecule has 134 valence electrons. The number of aliphatic hydroxyl groups excluding tert-OH is 1. The van der Waals surface area contributed by atoms with Crippen LogP contribution in [-0.4, -0.2) is 65.3 Å². The fraction of sp³-hybridized carbons (Fsp3) is 0.421. The van der Waals surface area contributed by atoms with E-state index in [-0.39, 0.29) is 0 Å². The van der Waals surface area contributed by atoms with E-state index in [9.17, 15) is 5.11 Å². The van der Waals surface area contributed by atoms with Crippen molar-refractivity contribution < 1.29 is 9.84 Å². The van der Waals surface area contributed by atoms with Gasteiger partial charge in [0.25, 0.3) is 0 Å². The third kappa shape index (κ3) is 6.08. The van der Waals surface area contributed by atoms with E-state index in [1.165, 1.54) is 0 Å². The maximum absolute atomic E-state index is 10.2. The molecular weight excluding hydrogens is 382 g/mol. The average molecular weight is 406 g/mol. The number of benzene rings is 1. The third-order valence-corrected chi connectivity index (χ3v) is 4.76. The van der Waals surface area contributed by atoms with Gasteiger partial charge in [-0.25, -0.2) is 0 Å². The monoisotopic (exact) mass is 405 g/mol. The van der Waals surface area contributed by atoms with Crippen molar-refractivity contribution in [3.63, 3.8) is 0 Å². The van der Waals surface area contributed by atoms with Crippen molar-refractivity contribution in [1.82, 2.24) is 14.8 Å². The van der Waals surface area contributed by atoms with Crippen LogP contribution in [0.3, 0.4) is 0 Å². The van der Waals surface area contributed by atoms with Crippen molar-refractivity contribution in [3.8, 4) is 5.75 Å². The highest BCUT2D eigenvalue weighted by molar-refractivity contribution is 9.10. The van der Waals surface area contributed by atoms with Crippen LogP contribution in [0.15, 0.2) is 53.1 Å². The Morgan fingerprint density at radius 1 is 1.04 bits per heavy atom. The van der Waals surface area contributed by atoms with Crippen molar-refractivity contribution in [2.24, 2.45) is 0 Å². The Balaban J connectivity index is 1.36. The van der Waals surface area contributed by atoms with Gasteiger partial charge in [0.15, 0.2) is 0 Å². The molecule has 25 heavy (non-hydrogen) atoms. The minimum atomic E-state index is -0.472. The average Bonchev–Trinajstić information content (AvgIpc) is 2.64. The molecule has 1 saturated heterocycles. The van der Waals surface area contributed by atoms with Gasteiger partial charge in [0.1, 0.15) is 18.5 Å². The van der Waals surface area contributed by atoms with Gasteiger partial charge in [-0.3, -0.25) is 14.8 Å². The SMILES string of the molecule is O[C@@H](COc1ccccc1)CN1CCN(Cc2ccc(Br)cn2)CC1. The van der Waals surface area contributed by atoms with Crippen molar-refractivity contribution in [3.05, 3.63) is 58.8 Å². The van der Waals surface area contributed by atoms with Gasteiger partial charge in [-0.2, -0.15) is 0 Å². The fourth-order valence-electron chi connectivity index (χ4n) is 2.92. The minimum Gasteiger partial charge on any atom is -0.491 e. The lowest BCUT2D eigenvalue weighted by atomic mass is 10.2. The molecule has 1 aromatic heterocycles. The van der Waals surface area contributed by atoms with Crippen LogP contribution in [0.5, 0.6) is 5.75 Å². The molecule has 2 aromatic rings. The Labute approximate surface area is 157 Å². The molecule has 5 nitrogen and oxygen atoms in total. The first-order valence-corrected chi connectivity index (χ1v) is 9.39. The summed E-state index contributed by atoms with van der Waals surface area (Å²) in [6, 6.07) is 13.7. The third-order valence-electron chi connectivity index (χ3n) is 4.29. The first-order valence-electron chi connectivity index (χ1n) is 8.60. The van der Waals surface area contributed by atoms with Gasteiger partial charge in [0, 0.05) is 49.9 Å². The number of aromatic nitrogens is 1. The highest BCUT2D eigenvalue weighted by atomic mass is 79.9. The first kappa shape index (κ1) is 18.3. The number of halogens is 1. The molecule has 2 heterocycles. The van der Waals surface area contributed by atoms with Gasteiger partial charge in [0.05, 0.1) is 5.69 Å². The smallest absolute Gasteiger partial charge is 0.119 e. The van der Waals surface area contributed by atoms with Crippen molar-refractivity contribution in [1.29, 1.82) is 0 Å². The molecule has 0 unspecified atom stereocenters. The Morgan fingerprint density at radius 3 is 2.44 bits per heavy atom. The van der Waals surface area contributed by atoms with Crippen molar-refractivity contribution >= 4 is 15.9 Å². The quantitative estimate of drug-likeness (QED) is 0.766. The van der Waals surface area contributed by atoms with Crippen LogP contribution >= 0.6 is 15.9 Å². The summed E-state index contributed by atoms with van der Waals surface area (Å²) < 4.78 is 6.63. The molecule has 1 aromatic carbocycles. The first-order chi connectivity index (χ1) is 12.2. The Morgan fingerprint density at radius 2 is 1.76 bits per heavy atom. The topological polar surface area (TPSA) is 48.8 Å². The predicted octanol–water partition coefficient (Wildman–Crippen LogP) is 2.40. The van der Waals surface area contributed by atoms with Crippen LogP contribution in [0.4, 0.5) is 0 Å². The van der Waals surface area contributed by atoms with Gasteiger partial charge in [-0.1, -0.05) is 18.2 Å². The Kier molecular flexibility index (Phi) is 6.81. The van der Waals surface area contributed by atoms with Crippen LogP contribution in [0.1, 0.15) is 5.69 Å². The number of hydrogen-bond donors (Lipinski definition) is 1. The summed E-state index contributed by atoms with van der Waals surface area (Å²) in [5, 5.41) is 10.2. The molecule has 0 saturated carbocycles. The number of hydrogen-bond acceptors (Lipinski definition) is 5. The van der Waals surface area contributed by atoms with Crippen LogP contribution in [-0.2, 0) is 6.54 Å². The van der Waals surface area contributed by atoms with Gasteiger partial charge in [-0.05, 0) is 40.2 Å². The van der Waals surface area contributed by atoms with Gasteiger partial charge in [-0.15, -0.1) is 0 Å². The summed E-state index contributed by atoms with van der Waals surface area (Å²) in [6.07, 6.45) is 1.37. The van der Waals surface area contributed by atoms with Crippen LogP contribution in [0, 0.1) is 0 Å². The highest BCUT2D eigenvalue weighted by Crippen LogP contribution is 2.12. The van der Waals surface area contributed by atoms with E-state index in [4.69, 9.17) is 4.74 Å². The van der Waals surface area contributed by atoms with E-state index < -0.39 is 6.10 Å². The number of piperazine rings is 1. The highest BCUT2D eigenvalue weighted by Gasteiger charge is 2.19. The second-order valence-corrected chi connectivity index (χ2v) is 7.24. The molecule has 0 amide bonds. The van der Waals surface area contributed by atoms with E-state index in [0.29, 0.717) is 13.2 Å². The maximum atomic E-state index is 10.2. The lowest BCUT2D eigenvalue weighted by Crippen LogP contribution is -2.48. The second-order valence-electron chi connectivity index (χ2n) is 6.32. The zero-order valence-electron chi connectivity index (χ0n) is 14.2.